The van der Waals surface area contributed by atoms with Gasteiger partial charge in [0.1, 0.15) is 18.4 Å². The van der Waals surface area contributed by atoms with Gasteiger partial charge in [-0.2, -0.15) is 0 Å². The first-order chi connectivity index (χ1) is 12.1. The van der Waals surface area contributed by atoms with Crippen molar-refractivity contribution in [1.82, 2.24) is 9.55 Å². The second-order valence-electron chi connectivity index (χ2n) is 5.84. The molecule has 1 unspecified atom stereocenters. The highest BCUT2D eigenvalue weighted by Gasteiger charge is 2.28. The minimum Gasteiger partial charge on any atom is -0.446 e. The molecule has 1 atom stereocenters. The maximum atomic E-state index is 12.1. The van der Waals surface area contributed by atoms with Gasteiger partial charge < -0.3 is 20.0 Å². The summed E-state index contributed by atoms with van der Waals surface area (Å²) in [6.07, 6.45) is 0.411. The normalized spacial score (nSPS) is 13.1. The Morgan fingerprint density at radius 1 is 1.42 bits per heavy atom. The van der Waals surface area contributed by atoms with Gasteiger partial charge in [0.2, 0.25) is 0 Å². The number of hydrogen-bond donors (Lipinski definition) is 1. The lowest BCUT2D eigenvalue weighted by atomic mass is 10.1. The van der Waals surface area contributed by atoms with Crippen molar-refractivity contribution in [2.75, 3.05) is 18.6 Å². The first kappa shape index (κ1) is 20.0. The zero-order chi connectivity index (χ0) is 19.5. The lowest BCUT2D eigenvalue weighted by Crippen LogP contribution is -2.39. The summed E-state index contributed by atoms with van der Waals surface area (Å²) in [4.78, 5) is 26.9. The number of aromatic nitrogens is 2. The molecular formula is C15H16Cl2N4O5. The van der Waals surface area contributed by atoms with E-state index in [9.17, 15) is 20.0 Å². The molecule has 26 heavy (non-hydrogen) atoms. The SMILES string of the molecule is CN(C(=O)OCC(C)(O)Cn1cc([N+](=O)[O-])nc1Cl)c1ccc(Cl)cc1. The van der Waals surface area contributed by atoms with E-state index in [1.807, 2.05) is 0 Å². The van der Waals surface area contributed by atoms with Gasteiger partial charge in [-0.3, -0.25) is 9.47 Å². The van der Waals surface area contributed by atoms with Gasteiger partial charge in [0, 0.05) is 17.8 Å². The van der Waals surface area contributed by atoms with E-state index >= 15 is 0 Å². The third-order valence-electron chi connectivity index (χ3n) is 3.41. The van der Waals surface area contributed by atoms with Crippen LogP contribution in [0, 0.1) is 10.1 Å². The lowest BCUT2D eigenvalue weighted by Gasteiger charge is -2.25. The van der Waals surface area contributed by atoms with Crippen LogP contribution in [-0.4, -0.2) is 44.9 Å². The van der Waals surface area contributed by atoms with Crippen LogP contribution in [0.5, 0.6) is 0 Å². The molecule has 0 spiro atoms. The van der Waals surface area contributed by atoms with Crippen molar-refractivity contribution in [2.24, 2.45) is 0 Å². The van der Waals surface area contributed by atoms with E-state index in [2.05, 4.69) is 4.98 Å². The van der Waals surface area contributed by atoms with Crippen LogP contribution in [0.4, 0.5) is 16.3 Å². The molecule has 2 aromatic rings. The predicted molar refractivity (Wildman–Crippen MR) is 95.7 cm³/mol. The van der Waals surface area contributed by atoms with Crippen LogP contribution in [-0.2, 0) is 11.3 Å². The molecular weight excluding hydrogens is 387 g/mol. The summed E-state index contributed by atoms with van der Waals surface area (Å²) < 4.78 is 6.32. The minimum absolute atomic E-state index is 0.148. The van der Waals surface area contributed by atoms with E-state index in [1.165, 1.54) is 23.4 Å². The average molecular weight is 403 g/mol. The number of carbonyl (C=O) groups is 1. The summed E-state index contributed by atoms with van der Waals surface area (Å²) in [5.41, 5.74) is -0.957. The quantitative estimate of drug-likeness (QED) is 0.586. The van der Waals surface area contributed by atoms with Gasteiger partial charge in [0.25, 0.3) is 0 Å². The molecule has 0 bridgehead atoms. The maximum absolute atomic E-state index is 12.1. The van der Waals surface area contributed by atoms with Crippen molar-refractivity contribution in [3.8, 4) is 0 Å². The van der Waals surface area contributed by atoms with E-state index in [4.69, 9.17) is 27.9 Å². The Labute approximate surface area is 158 Å². The molecule has 9 nitrogen and oxygen atoms in total. The monoisotopic (exact) mass is 402 g/mol. The van der Waals surface area contributed by atoms with E-state index < -0.39 is 22.4 Å². The highest BCUT2D eigenvalue weighted by atomic mass is 35.5. The fourth-order valence-corrected chi connectivity index (χ4v) is 2.40. The summed E-state index contributed by atoms with van der Waals surface area (Å²) in [7, 11) is 1.51. The van der Waals surface area contributed by atoms with Crippen LogP contribution in [0.3, 0.4) is 0 Å². The molecule has 2 rings (SSSR count). The fourth-order valence-electron chi connectivity index (χ4n) is 2.08. The number of benzene rings is 1. The number of hydrogen-bond acceptors (Lipinski definition) is 6. The van der Waals surface area contributed by atoms with Crippen molar-refractivity contribution in [2.45, 2.75) is 19.1 Å². The molecule has 0 aliphatic heterocycles. The van der Waals surface area contributed by atoms with Gasteiger partial charge in [-0.05, 0) is 52.7 Å². The van der Waals surface area contributed by atoms with Gasteiger partial charge in [-0.1, -0.05) is 11.6 Å². The Hall–Kier alpha value is -2.36. The topological polar surface area (TPSA) is 111 Å². The number of ether oxygens (including phenoxy) is 1. The van der Waals surface area contributed by atoms with Gasteiger partial charge in [-0.15, -0.1) is 0 Å². The second-order valence-corrected chi connectivity index (χ2v) is 6.61. The Morgan fingerprint density at radius 2 is 2.04 bits per heavy atom. The smallest absolute Gasteiger partial charge is 0.414 e. The largest absolute Gasteiger partial charge is 0.446 e. The number of nitrogens with zero attached hydrogens (tertiary/aromatic N) is 4. The Bertz CT molecular complexity index is 807. The summed E-state index contributed by atoms with van der Waals surface area (Å²) in [6, 6.07) is 6.55. The predicted octanol–water partition coefficient (Wildman–Crippen LogP) is 3.12. The fraction of sp³-hybridized carbons (Fsp3) is 0.333. The Balaban J connectivity index is 1.97. The van der Waals surface area contributed by atoms with Crippen LogP contribution >= 0.6 is 23.2 Å². The number of carbonyl (C=O) groups excluding carboxylic acids is 1. The molecule has 1 amide bonds. The summed E-state index contributed by atoms with van der Waals surface area (Å²) in [5.74, 6) is -0.440. The molecule has 0 saturated carbocycles. The van der Waals surface area contributed by atoms with E-state index in [1.54, 1.807) is 24.3 Å². The molecule has 1 aromatic heterocycles. The van der Waals surface area contributed by atoms with Gasteiger partial charge in [-0.25, -0.2) is 4.79 Å². The molecule has 0 fully saturated rings. The van der Waals surface area contributed by atoms with Crippen LogP contribution < -0.4 is 4.90 Å². The molecule has 1 heterocycles. The number of nitro groups is 1. The maximum Gasteiger partial charge on any atom is 0.414 e. The standard InChI is InChI=1S/C15H16Cl2N4O5/c1-15(23,8-20-7-12(21(24)25)18-13(20)17)9-26-14(22)19(2)11-5-3-10(16)4-6-11/h3-7,23H,8-9H2,1-2H3. The minimum atomic E-state index is -1.52. The molecule has 0 aliphatic carbocycles. The highest BCUT2D eigenvalue weighted by Crippen LogP contribution is 2.20. The number of halogens is 2. The first-order valence-electron chi connectivity index (χ1n) is 7.34. The molecule has 11 heteroatoms. The zero-order valence-electron chi connectivity index (χ0n) is 13.9. The first-order valence-corrected chi connectivity index (χ1v) is 8.10. The number of aliphatic hydroxyl groups is 1. The molecule has 1 aromatic carbocycles. The Morgan fingerprint density at radius 3 is 2.58 bits per heavy atom. The number of rotatable bonds is 6. The number of imidazole rings is 1. The van der Waals surface area contributed by atoms with E-state index in [-0.39, 0.29) is 18.4 Å². The van der Waals surface area contributed by atoms with Crippen LogP contribution in [0.2, 0.25) is 10.3 Å². The number of anilines is 1. The molecule has 0 aliphatic rings. The van der Waals surface area contributed by atoms with Gasteiger partial charge in [0.15, 0.2) is 0 Å². The van der Waals surface area contributed by atoms with Crippen molar-refractivity contribution in [3.63, 3.8) is 0 Å². The van der Waals surface area contributed by atoms with Crippen LogP contribution in [0.25, 0.3) is 0 Å². The average Bonchev–Trinajstić information content (AvgIpc) is 2.93. The second kappa shape index (κ2) is 7.90. The summed E-state index contributed by atoms with van der Waals surface area (Å²) >= 11 is 11.6. The highest BCUT2D eigenvalue weighted by molar-refractivity contribution is 6.30. The Kier molecular flexibility index (Phi) is 6.06. The lowest BCUT2D eigenvalue weighted by molar-refractivity contribution is -0.389. The van der Waals surface area contributed by atoms with Crippen molar-refractivity contribution < 1.29 is 19.6 Å². The summed E-state index contributed by atoms with van der Waals surface area (Å²) in [6.45, 7) is 0.904. The molecule has 140 valence electrons. The van der Waals surface area contributed by atoms with Crippen molar-refractivity contribution in [3.05, 3.63) is 50.9 Å². The van der Waals surface area contributed by atoms with Gasteiger partial charge in [0.05, 0.1) is 6.54 Å². The van der Waals surface area contributed by atoms with Crippen molar-refractivity contribution >= 4 is 40.8 Å². The third kappa shape index (κ3) is 5.07. The van der Waals surface area contributed by atoms with Gasteiger partial charge >= 0.3 is 17.2 Å². The summed E-state index contributed by atoms with van der Waals surface area (Å²) in [5, 5.41) is 21.5. The van der Waals surface area contributed by atoms with Crippen LogP contribution in [0.15, 0.2) is 30.5 Å². The van der Waals surface area contributed by atoms with E-state index in [0.29, 0.717) is 10.7 Å². The zero-order valence-corrected chi connectivity index (χ0v) is 15.4. The van der Waals surface area contributed by atoms with Crippen LogP contribution in [0.1, 0.15) is 6.92 Å². The third-order valence-corrected chi connectivity index (χ3v) is 3.96. The number of amides is 1. The molecule has 0 radical (unpaired) electrons. The molecule has 1 N–H and O–H groups in total. The van der Waals surface area contributed by atoms with E-state index in [0.717, 1.165) is 6.20 Å². The van der Waals surface area contributed by atoms with Crippen molar-refractivity contribution in [1.29, 1.82) is 0 Å². The molecule has 0 saturated heterocycles.